The summed E-state index contributed by atoms with van der Waals surface area (Å²) in [5.74, 6) is 0.748. The summed E-state index contributed by atoms with van der Waals surface area (Å²) in [7, 11) is 3.73. The molecular formula is C12H15ClN4O. The van der Waals surface area contributed by atoms with Gasteiger partial charge in [0.05, 0.1) is 17.9 Å². The molecule has 96 valence electrons. The number of nitrogens with zero attached hydrogens (tertiary/aromatic N) is 3. The van der Waals surface area contributed by atoms with E-state index in [4.69, 9.17) is 16.3 Å². The second-order valence-electron chi connectivity index (χ2n) is 3.89. The molecule has 0 aliphatic carbocycles. The van der Waals surface area contributed by atoms with E-state index in [-0.39, 0.29) is 6.04 Å². The van der Waals surface area contributed by atoms with Crippen LogP contribution in [0.1, 0.15) is 11.7 Å². The lowest BCUT2D eigenvalue weighted by Gasteiger charge is -2.16. The van der Waals surface area contributed by atoms with Crippen molar-refractivity contribution in [3.8, 4) is 5.75 Å². The number of hydrogen-bond acceptors (Lipinski definition) is 4. The van der Waals surface area contributed by atoms with Gasteiger partial charge < -0.3 is 10.1 Å². The van der Waals surface area contributed by atoms with Gasteiger partial charge in [0.25, 0.3) is 0 Å². The van der Waals surface area contributed by atoms with Crippen molar-refractivity contribution >= 4 is 11.6 Å². The van der Waals surface area contributed by atoms with E-state index in [9.17, 15) is 0 Å². The lowest BCUT2D eigenvalue weighted by atomic mass is 10.2. The van der Waals surface area contributed by atoms with Crippen LogP contribution in [-0.2, 0) is 7.05 Å². The van der Waals surface area contributed by atoms with Gasteiger partial charge in [-0.15, -0.1) is 5.10 Å². The maximum absolute atomic E-state index is 5.90. The van der Waals surface area contributed by atoms with Crippen molar-refractivity contribution in [2.24, 2.45) is 7.05 Å². The zero-order chi connectivity index (χ0) is 13.0. The summed E-state index contributed by atoms with van der Waals surface area (Å²) < 4.78 is 7.43. The Morgan fingerprint density at radius 2 is 2.33 bits per heavy atom. The zero-order valence-corrected chi connectivity index (χ0v) is 11.1. The normalized spacial score (nSPS) is 12.4. The van der Waals surface area contributed by atoms with Crippen LogP contribution in [0.15, 0.2) is 30.5 Å². The van der Waals surface area contributed by atoms with Crippen molar-refractivity contribution in [1.82, 2.24) is 20.3 Å². The number of benzene rings is 1. The number of nitrogens with one attached hydrogen (secondary N) is 1. The number of likely N-dealkylation sites (N-methyl/N-ethyl adjacent to an activating group) is 1. The lowest BCUT2D eigenvalue weighted by molar-refractivity contribution is 0.267. The first-order valence-corrected chi connectivity index (χ1v) is 5.98. The fourth-order valence-corrected chi connectivity index (χ4v) is 1.85. The Balaban J connectivity index is 2.02. The number of rotatable bonds is 5. The highest BCUT2D eigenvalue weighted by atomic mass is 35.5. The summed E-state index contributed by atoms with van der Waals surface area (Å²) in [5.41, 5.74) is 0.972. The van der Waals surface area contributed by atoms with Gasteiger partial charge in [0, 0.05) is 12.1 Å². The number of aromatic nitrogens is 3. The van der Waals surface area contributed by atoms with Gasteiger partial charge in [0.15, 0.2) is 0 Å². The summed E-state index contributed by atoms with van der Waals surface area (Å²) in [5, 5.41) is 11.6. The van der Waals surface area contributed by atoms with E-state index >= 15 is 0 Å². The molecule has 1 atom stereocenters. The molecule has 0 saturated heterocycles. The van der Waals surface area contributed by atoms with Crippen LogP contribution in [-0.4, -0.2) is 28.6 Å². The monoisotopic (exact) mass is 266 g/mol. The molecule has 0 fully saturated rings. The Labute approximate surface area is 111 Å². The molecule has 0 aliphatic rings. The SMILES string of the molecule is CNC(COc1cccc(Cl)c1)c1cnnn1C. The molecule has 2 aromatic rings. The Morgan fingerprint density at radius 3 is 2.94 bits per heavy atom. The predicted molar refractivity (Wildman–Crippen MR) is 69.8 cm³/mol. The van der Waals surface area contributed by atoms with Crippen LogP contribution in [0.5, 0.6) is 5.75 Å². The van der Waals surface area contributed by atoms with Gasteiger partial charge in [0.1, 0.15) is 12.4 Å². The van der Waals surface area contributed by atoms with Crippen LogP contribution in [0.4, 0.5) is 0 Å². The number of hydrogen-bond donors (Lipinski definition) is 1. The van der Waals surface area contributed by atoms with Gasteiger partial charge in [-0.25, -0.2) is 0 Å². The van der Waals surface area contributed by atoms with Crippen molar-refractivity contribution in [3.05, 3.63) is 41.2 Å². The summed E-state index contributed by atoms with van der Waals surface area (Å²) in [6.45, 7) is 0.484. The van der Waals surface area contributed by atoms with Crippen molar-refractivity contribution in [2.45, 2.75) is 6.04 Å². The van der Waals surface area contributed by atoms with Crippen LogP contribution in [0.2, 0.25) is 5.02 Å². The number of aryl methyl sites for hydroxylation is 1. The van der Waals surface area contributed by atoms with E-state index in [2.05, 4.69) is 15.6 Å². The lowest BCUT2D eigenvalue weighted by Crippen LogP contribution is -2.25. The molecule has 1 N–H and O–H groups in total. The minimum absolute atomic E-state index is 0.0315. The van der Waals surface area contributed by atoms with E-state index in [1.54, 1.807) is 16.9 Å². The van der Waals surface area contributed by atoms with Crippen LogP contribution in [0, 0.1) is 0 Å². The zero-order valence-electron chi connectivity index (χ0n) is 10.3. The number of ether oxygens (including phenoxy) is 1. The molecule has 0 bridgehead atoms. The summed E-state index contributed by atoms with van der Waals surface area (Å²) in [4.78, 5) is 0. The Bertz CT molecular complexity index is 514. The predicted octanol–water partition coefficient (Wildman–Crippen LogP) is 1.81. The molecule has 0 spiro atoms. The molecule has 1 unspecified atom stereocenters. The molecular weight excluding hydrogens is 252 g/mol. The fourth-order valence-electron chi connectivity index (χ4n) is 1.67. The average molecular weight is 267 g/mol. The molecule has 2 rings (SSSR count). The van der Waals surface area contributed by atoms with E-state index in [1.165, 1.54) is 0 Å². The molecule has 18 heavy (non-hydrogen) atoms. The molecule has 6 heteroatoms. The van der Waals surface area contributed by atoms with E-state index in [0.29, 0.717) is 11.6 Å². The second-order valence-corrected chi connectivity index (χ2v) is 4.33. The van der Waals surface area contributed by atoms with E-state index in [1.807, 2.05) is 32.3 Å². The van der Waals surface area contributed by atoms with Crippen molar-refractivity contribution in [1.29, 1.82) is 0 Å². The van der Waals surface area contributed by atoms with E-state index < -0.39 is 0 Å². The topological polar surface area (TPSA) is 52.0 Å². The molecule has 0 aliphatic heterocycles. The van der Waals surface area contributed by atoms with Gasteiger partial charge in [-0.1, -0.05) is 22.9 Å². The molecule has 0 amide bonds. The van der Waals surface area contributed by atoms with Gasteiger partial charge in [-0.05, 0) is 25.2 Å². The first kappa shape index (κ1) is 12.9. The highest BCUT2D eigenvalue weighted by Gasteiger charge is 2.14. The minimum Gasteiger partial charge on any atom is -0.491 e. The van der Waals surface area contributed by atoms with Gasteiger partial charge in [-0.2, -0.15) is 0 Å². The van der Waals surface area contributed by atoms with E-state index in [0.717, 1.165) is 11.4 Å². The van der Waals surface area contributed by atoms with Gasteiger partial charge in [0.2, 0.25) is 0 Å². The standard InChI is InChI=1S/C12H15ClN4O/c1-14-11(12-7-15-16-17(12)2)8-18-10-5-3-4-9(13)6-10/h3-7,11,14H,8H2,1-2H3. The Hall–Kier alpha value is -1.59. The van der Waals surface area contributed by atoms with Crippen LogP contribution >= 0.6 is 11.6 Å². The van der Waals surface area contributed by atoms with Crippen molar-refractivity contribution in [3.63, 3.8) is 0 Å². The largest absolute Gasteiger partial charge is 0.491 e. The maximum atomic E-state index is 5.90. The molecule has 0 saturated carbocycles. The first-order chi connectivity index (χ1) is 8.70. The van der Waals surface area contributed by atoms with Crippen LogP contribution < -0.4 is 10.1 Å². The third kappa shape index (κ3) is 3.00. The molecule has 0 radical (unpaired) electrons. The first-order valence-electron chi connectivity index (χ1n) is 5.61. The third-order valence-electron chi connectivity index (χ3n) is 2.67. The Morgan fingerprint density at radius 1 is 1.50 bits per heavy atom. The average Bonchev–Trinajstić information content (AvgIpc) is 2.77. The smallest absolute Gasteiger partial charge is 0.120 e. The highest BCUT2D eigenvalue weighted by molar-refractivity contribution is 6.30. The van der Waals surface area contributed by atoms with Crippen LogP contribution in [0.25, 0.3) is 0 Å². The second kappa shape index (κ2) is 5.84. The van der Waals surface area contributed by atoms with Gasteiger partial charge >= 0.3 is 0 Å². The minimum atomic E-state index is 0.0315. The fraction of sp³-hybridized carbons (Fsp3) is 0.333. The quantitative estimate of drug-likeness (QED) is 0.897. The number of halogens is 1. The molecule has 1 aromatic carbocycles. The summed E-state index contributed by atoms with van der Waals surface area (Å²) in [6.07, 6.45) is 1.72. The maximum Gasteiger partial charge on any atom is 0.120 e. The van der Waals surface area contributed by atoms with Crippen molar-refractivity contribution in [2.75, 3.05) is 13.7 Å². The molecule has 5 nitrogen and oxygen atoms in total. The van der Waals surface area contributed by atoms with Gasteiger partial charge in [-0.3, -0.25) is 4.68 Å². The summed E-state index contributed by atoms with van der Waals surface area (Å²) in [6, 6.07) is 7.37. The molecule has 1 aromatic heterocycles. The Kier molecular flexibility index (Phi) is 4.17. The highest BCUT2D eigenvalue weighted by Crippen LogP contribution is 2.19. The van der Waals surface area contributed by atoms with Crippen molar-refractivity contribution < 1.29 is 4.74 Å². The summed E-state index contributed by atoms with van der Waals surface area (Å²) >= 11 is 5.90. The van der Waals surface area contributed by atoms with Crippen LogP contribution in [0.3, 0.4) is 0 Å². The third-order valence-corrected chi connectivity index (χ3v) is 2.90. The molecule has 1 heterocycles.